The Bertz CT molecular complexity index is 495. The Morgan fingerprint density at radius 2 is 2.39 bits per heavy atom. The first-order valence-corrected chi connectivity index (χ1v) is 8.31. The van der Waals surface area contributed by atoms with Gasteiger partial charge in [-0.2, -0.15) is 0 Å². The number of imidazole rings is 1. The Kier molecular flexibility index (Phi) is 4.07. The number of nitrogens with two attached hydrogens (primary N) is 1. The molecule has 2 N–H and O–H groups in total. The molecule has 6 heteroatoms. The molecule has 1 aromatic rings. The van der Waals surface area contributed by atoms with Crippen LogP contribution >= 0.6 is 0 Å². The zero-order valence-electron chi connectivity index (χ0n) is 10.7. The lowest BCUT2D eigenvalue weighted by Crippen LogP contribution is -2.20. The summed E-state index contributed by atoms with van der Waals surface area (Å²) in [5.74, 6) is 1.67. The van der Waals surface area contributed by atoms with Crippen molar-refractivity contribution in [3.05, 3.63) is 18.2 Å². The molecule has 0 bridgehead atoms. The molecule has 1 aliphatic rings. The first-order chi connectivity index (χ1) is 8.52. The second-order valence-electron chi connectivity index (χ2n) is 5.09. The van der Waals surface area contributed by atoms with Crippen molar-refractivity contribution in [2.45, 2.75) is 38.8 Å². The third kappa shape index (κ3) is 3.11. The lowest BCUT2D eigenvalue weighted by Gasteiger charge is -2.16. The van der Waals surface area contributed by atoms with Crippen LogP contribution in [0.5, 0.6) is 0 Å². The molecule has 0 saturated carbocycles. The number of nitrogens with zero attached hydrogens (tertiary/aromatic N) is 2. The monoisotopic (exact) mass is 271 g/mol. The Labute approximate surface area is 108 Å². The molecule has 2 heterocycles. The highest BCUT2D eigenvalue weighted by Gasteiger charge is 2.30. The predicted molar refractivity (Wildman–Crippen MR) is 70.8 cm³/mol. The van der Waals surface area contributed by atoms with Gasteiger partial charge in [0.25, 0.3) is 0 Å². The molecule has 2 rings (SSSR count). The van der Waals surface area contributed by atoms with E-state index in [9.17, 15) is 8.42 Å². The molecule has 1 fully saturated rings. The van der Waals surface area contributed by atoms with Gasteiger partial charge in [0.1, 0.15) is 5.82 Å². The van der Waals surface area contributed by atoms with Crippen LogP contribution in [0.4, 0.5) is 0 Å². The Morgan fingerprint density at radius 1 is 1.61 bits per heavy atom. The summed E-state index contributed by atoms with van der Waals surface area (Å²) in [5.41, 5.74) is 6.16. The van der Waals surface area contributed by atoms with Gasteiger partial charge >= 0.3 is 0 Å². The van der Waals surface area contributed by atoms with E-state index >= 15 is 0 Å². The fourth-order valence-electron chi connectivity index (χ4n) is 2.60. The van der Waals surface area contributed by atoms with Crippen molar-refractivity contribution >= 4 is 9.84 Å². The number of rotatable bonds is 5. The highest BCUT2D eigenvalue weighted by Crippen LogP contribution is 2.27. The molecule has 5 nitrogen and oxygen atoms in total. The highest BCUT2D eigenvalue weighted by molar-refractivity contribution is 7.91. The van der Waals surface area contributed by atoms with Crippen LogP contribution in [0.2, 0.25) is 0 Å². The van der Waals surface area contributed by atoms with Crippen molar-refractivity contribution in [2.24, 2.45) is 11.7 Å². The second kappa shape index (κ2) is 5.40. The number of hydrogen-bond acceptors (Lipinski definition) is 4. The zero-order chi connectivity index (χ0) is 13.2. The van der Waals surface area contributed by atoms with Crippen LogP contribution in [-0.4, -0.2) is 29.5 Å². The van der Waals surface area contributed by atoms with Gasteiger partial charge in [0.15, 0.2) is 9.84 Å². The highest BCUT2D eigenvalue weighted by atomic mass is 32.2. The van der Waals surface area contributed by atoms with Crippen LogP contribution in [-0.2, 0) is 16.4 Å². The van der Waals surface area contributed by atoms with Crippen molar-refractivity contribution in [1.82, 2.24) is 9.55 Å². The summed E-state index contributed by atoms with van der Waals surface area (Å²) in [6.45, 7) is 3.02. The molecule has 0 aliphatic carbocycles. The van der Waals surface area contributed by atoms with Gasteiger partial charge in [0, 0.05) is 18.9 Å². The number of aryl methyl sites for hydroxylation is 1. The molecule has 1 saturated heterocycles. The fourth-order valence-corrected chi connectivity index (χ4v) is 4.48. The van der Waals surface area contributed by atoms with Gasteiger partial charge in [0.05, 0.1) is 17.5 Å². The Morgan fingerprint density at radius 3 is 3.00 bits per heavy atom. The molecule has 1 aliphatic heterocycles. The average molecular weight is 271 g/mol. The van der Waals surface area contributed by atoms with Crippen molar-refractivity contribution in [1.29, 1.82) is 0 Å². The van der Waals surface area contributed by atoms with E-state index in [1.54, 1.807) is 6.20 Å². The van der Waals surface area contributed by atoms with Crippen LogP contribution in [0.15, 0.2) is 12.4 Å². The summed E-state index contributed by atoms with van der Waals surface area (Å²) in [6.07, 6.45) is 6.18. The number of sulfone groups is 1. The van der Waals surface area contributed by atoms with E-state index < -0.39 is 9.84 Å². The molecule has 0 aromatic carbocycles. The SMILES string of the molecule is CCCn1ccnc1C(N)CC1CCS(=O)(=O)C1. The standard InChI is InChI=1S/C12H21N3O2S/c1-2-5-15-6-4-14-12(15)11(13)8-10-3-7-18(16,17)9-10/h4,6,10-11H,2-3,5,7-9,13H2,1H3. The molecule has 2 atom stereocenters. The molecule has 18 heavy (non-hydrogen) atoms. The summed E-state index contributed by atoms with van der Waals surface area (Å²) in [6, 6.07) is -0.162. The van der Waals surface area contributed by atoms with E-state index in [1.807, 2.05) is 6.20 Å². The molecule has 1 aromatic heterocycles. The Balaban J connectivity index is 1.99. The van der Waals surface area contributed by atoms with Crippen molar-refractivity contribution in [3.63, 3.8) is 0 Å². The fraction of sp³-hybridized carbons (Fsp3) is 0.750. The summed E-state index contributed by atoms with van der Waals surface area (Å²) < 4.78 is 24.9. The lowest BCUT2D eigenvalue weighted by atomic mass is 9.99. The molecular weight excluding hydrogens is 250 g/mol. The van der Waals surface area contributed by atoms with Crippen LogP contribution < -0.4 is 5.73 Å². The molecule has 2 unspecified atom stereocenters. The van der Waals surface area contributed by atoms with E-state index in [-0.39, 0.29) is 17.7 Å². The largest absolute Gasteiger partial charge is 0.334 e. The molecule has 0 radical (unpaired) electrons. The topological polar surface area (TPSA) is 78.0 Å². The first-order valence-electron chi connectivity index (χ1n) is 6.49. The Hall–Kier alpha value is -0.880. The van der Waals surface area contributed by atoms with Gasteiger partial charge in [-0.15, -0.1) is 0 Å². The van der Waals surface area contributed by atoms with Gasteiger partial charge in [-0.05, 0) is 25.2 Å². The van der Waals surface area contributed by atoms with Crippen molar-refractivity contribution in [3.8, 4) is 0 Å². The van der Waals surface area contributed by atoms with Gasteiger partial charge in [-0.1, -0.05) is 6.92 Å². The van der Waals surface area contributed by atoms with Gasteiger partial charge in [0.2, 0.25) is 0 Å². The third-order valence-corrected chi connectivity index (χ3v) is 5.29. The summed E-state index contributed by atoms with van der Waals surface area (Å²) in [7, 11) is -2.81. The average Bonchev–Trinajstić information content (AvgIpc) is 2.86. The maximum absolute atomic E-state index is 11.4. The van der Waals surface area contributed by atoms with E-state index in [0.717, 1.165) is 25.2 Å². The second-order valence-corrected chi connectivity index (χ2v) is 7.32. The van der Waals surface area contributed by atoms with Crippen LogP contribution in [0.1, 0.15) is 38.1 Å². The predicted octanol–water partition coefficient (Wildman–Crippen LogP) is 1.12. The van der Waals surface area contributed by atoms with Gasteiger partial charge < -0.3 is 10.3 Å². The number of aromatic nitrogens is 2. The molecule has 0 amide bonds. The first kappa shape index (κ1) is 13.5. The quantitative estimate of drug-likeness (QED) is 0.870. The zero-order valence-corrected chi connectivity index (χ0v) is 11.6. The normalized spacial score (nSPS) is 24.2. The lowest BCUT2D eigenvalue weighted by molar-refractivity contribution is 0.452. The maximum atomic E-state index is 11.4. The van der Waals surface area contributed by atoms with Crippen LogP contribution in [0.25, 0.3) is 0 Å². The summed E-state index contributed by atoms with van der Waals surface area (Å²) >= 11 is 0. The molecule has 102 valence electrons. The number of hydrogen-bond donors (Lipinski definition) is 1. The molecule has 0 spiro atoms. The minimum absolute atomic E-state index is 0.162. The van der Waals surface area contributed by atoms with E-state index in [2.05, 4.69) is 16.5 Å². The van der Waals surface area contributed by atoms with E-state index in [1.165, 1.54) is 0 Å². The minimum atomic E-state index is -2.81. The summed E-state index contributed by atoms with van der Waals surface area (Å²) in [5, 5.41) is 0. The molecular formula is C12H21N3O2S. The van der Waals surface area contributed by atoms with Crippen LogP contribution in [0.3, 0.4) is 0 Å². The van der Waals surface area contributed by atoms with Gasteiger partial charge in [-0.25, -0.2) is 13.4 Å². The third-order valence-electron chi connectivity index (χ3n) is 3.46. The maximum Gasteiger partial charge on any atom is 0.150 e. The van der Waals surface area contributed by atoms with Crippen LogP contribution in [0, 0.1) is 5.92 Å². The van der Waals surface area contributed by atoms with E-state index in [0.29, 0.717) is 12.2 Å². The van der Waals surface area contributed by atoms with Gasteiger partial charge in [-0.3, -0.25) is 0 Å². The van der Waals surface area contributed by atoms with E-state index in [4.69, 9.17) is 5.73 Å². The summed E-state index contributed by atoms with van der Waals surface area (Å²) in [4.78, 5) is 4.30. The van der Waals surface area contributed by atoms with Crippen molar-refractivity contribution < 1.29 is 8.42 Å². The van der Waals surface area contributed by atoms with Crippen molar-refractivity contribution in [2.75, 3.05) is 11.5 Å². The smallest absolute Gasteiger partial charge is 0.150 e. The minimum Gasteiger partial charge on any atom is -0.334 e.